The second-order valence-electron chi connectivity index (χ2n) is 7.04. The van der Waals surface area contributed by atoms with Gasteiger partial charge in [0.25, 0.3) is 0 Å². The van der Waals surface area contributed by atoms with Gasteiger partial charge >= 0.3 is 6.09 Å². The summed E-state index contributed by atoms with van der Waals surface area (Å²) in [5.41, 5.74) is 2.90. The molecule has 0 bridgehead atoms. The average molecular weight is 316 g/mol. The van der Waals surface area contributed by atoms with Crippen LogP contribution in [-0.2, 0) is 4.74 Å². The van der Waals surface area contributed by atoms with Gasteiger partial charge in [-0.3, -0.25) is 4.98 Å². The van der Waals surface area contributed by atoms with E-state index in [1.165, 1.54) is 0 Å². The Hall–Kier alpha value is -2.24. The smallest absolute Gasteiger partial charge is 0.407 e. The highest BCUT2D eigenvalue weighted by molar-refractivity contribution is 5.89. The summed E-state index contributed by atoms with van der Waals surface area (Å²) >= 11 is 0. The molecule has 0 saturated carbocycles. The van der Waals surface area contributed by atoms with Crippen molar-refractivity contribution in [1.29, 1.82) is 0 Å². The third-order valence-electron chi connectivity index (χ3n) is 3.95. The lowest BCUT2D eigenvalue weighted by Gasteiger charge is -2.33. The van der Waals surface area contributed by atoms with Gasteiger partial charge in [-0.1, -0.05) is 0 Å². The molecule has 1 fully saturated rings. The van der Waals surface area contributed by atoms with E-state index in [0.29, 0.717) is 0 Å². The van der Waals surface area contributed by atoms with Gasteiger partial charge in [0.1, 0.15) is 11.6 Å². The van der Waals surface area contributed by atoms with Crippen molar-refractivity contribution in [3.8, 4) is 0 Å². The molecule has 1 saturated heterocycles. The maximum absolute atomic E-state index is 11.8. The zero-order valence-corrected chi connectivity index (χ0v) is 13.9. The number of alkyl carbamates (subject to hydrolysis) is 1. The second kappa shape index (κ2) is 6.10. The zero-order chi connectivity index (χ0) is 16.4. The number of aromatic amines is 1. The fourth-order valence-electron chi connectivity index (χ4n) is 2.88. The quantitative estimate of drug-likeness (QED) is 0.893. The number of rotatable bonds is 2. The molecule has 0 aliphatic carbocycles. The van der Waals surface area contributed by atoms with Gasteiger partial charge < -0.3 is 19.9 Å². The Morgan fingerprint density at radius 1 is 1.39 bits per heavy atom. The molecule has 0 radical (unpaired) electrons. The van der Waals surface area contributed by atoms with E-state index in [4.69, 9.17) is 4.74 Å². The molecule has 1 amide bonds. The van der Waals surface area contributed by atoms with Crippen molar-refractivity contribution in [2.45, 2.75) is 45.3 Å². The molecule has 0 unspecified atom stereocenters. The number of H-pyrrole nitrogens is 1. The first-order chi connectivity index (χ1) is 10.9. The molecule has 1 aliphatic heterocycles. The topological polar surface area (TPSA) is 70.2 Å². The Morgan fingerprint density at radius 3 is 2.83 bits per heavy atom. The molecule has 6 nitrogen and oxygen atoms in total. The lowest BCUT2D eigenvalue weighted by molar-refractivity contribution is 0.0777. The van der Waals surface area contributed by atoms with Crippen LogP contribution < -0.4 is 10.2 Å². The molecular formula is C17H24N4O2. The van der Waals surface area contributed by atoms with Gasteiger partial charge in [-0.25, -0.2) is 4.79 Å². The second-order valence-corrected chi connectivity index (χ2v) is 7.04. The van der Waals surface area contributed by atoms with Crippen LogP contribution in [0.2, 0.25) is 0 Å². The number of aromatic nitrogens is 2. The van der Waals surface area contributed by atoms with E-state index in [0.717, 1.165) is 42.7 Å². The van der Waals surface area contributed by atoms with E-state index in [1.807, 2.05) is 45.3 Å². The molecular weight excluding hydrogens is 292 g/mol. The Morgan fingerprint density at radius 2 is 2.13 bits per heavy atom. The third-order valence-corrected chi connectivity index (χ3v) is 3.95. The molecule has 0 atom stereocenters. The van der Waals surface area contributed by atoms with Crippen LogP contribution in [0.4, 0.5) is 10.5 Å². The first kappa shape index (κ1) is 15.6. The van der Waals surface area contributed by atoms with E-state index in [-0.39, 0.29) is 17.7 Å². The average Bonchev–Trinajstić information content (AvgIpc) is 2.90. The van der Waals surface area contributed by atoms with Crippen LogP contribution >= 0.6 is 0 Å². The van der Waals surface area contributed by atoms with Crippen LogP contribution in [-0.4, -0.2) is 40.8 Å². The van der Waals surface area contributed by atoms with E-state index in [1.54, 1.807) is 0 Å². The number of piperidine rings is 1. The molecule has 124 valence electrons. The van der Waals surface area contributed by atoms with Crippen molar-refractivity contribution in [2.24, 2.45) is 0 Å². The van der Waals surface area contributed by atoms with Gasteiger partial charge in [0.2, 0.25) is 0 Å². The molecule has 6 heteroatoms. The summed E-state index contributed by atoms with van der Waals surface area (Å²) in [7, 11) is 0. The van der Waals surface area contributed by atoms with Crippen molar-refractivity contribution in [2.75, 3.05) is 18.0 Å². The van der Waals surface area contributed by atoms with Crippen LogP contribution in [0.1, 0.15) is 33.6 Å². The summed E-state index contributed by atoms with van der Waals surface area (Å²) in [6, 6.07) is 3.95. The highest BCUT2D eigenvalue weighted by Crippen LogP contribution is 2.27. The Labute approximate surface area is 136 Å². The Kier molecular flexibility index (Phi) is 4.15. The van der Waals surface area contributed by atoms with Crippen LogP contribution in [0.5, 0.6) is 0 Å². The summed E-state index contributed by atoms with van der Waals surface area (Å²) in [4.78, 5) is 21.9. The summed E-state index contributed by atoms with van der Waals surface area (Å²) in [6.07, 6.45) is 5.13. The van der Waals surface area contributed by atoms with Crippen molar-refractivity contribution in [3.05, 3.63) is 24.5 Å². The number of amides is 1. The summed E-state index contributed by atoms with van der Waals surface area (Å²) < 4.78 is 5.52. The molecule has 0 spiro atoms. The van der Waals surface area contributed by atoms with Gasteiger partial charge in [-0.05, 0) is 32.9 Å². The fraction of sp³-hybridized carbons (Fsp3) is 0.529. The number of carbonyl (C=O) groups excluding carboxylic acids is 1. The van der Waals surface area contributed by atoms with Gasteiger partial charge in [0.15, 0.2) is 0 Å². The molecule has 23 heavy (non-hydrogen) atoms. The number of pyridine rings is 1. The number of carbonyl (C=O) groups is 1. The number of anilines is 1. The molecule has 1 aliphatic rings. The maximum Gasteiger partial charge on any atom is 0.407 e. The normalized spacial score (nSPS) is 16.6. The minimum Gasteiger partial charge on any atom is -0.446 e. The lowest BCUT2D eigenvalue weighted by atomic mass is 10.1. The van der Waals surface area contributed by atoms with Crippen molar-refractivity contribution in [1.82, 2.24) is 15.3 Å². The molecule has 2 aromatic rings. The number of hydrogen-bond acceptors (Lipinski definition) is 4. The molecule has 0 aromatic carbocycles. The molecule has 2 N–H and O–H groups in total. The Balaban J connectivity index is 1.57. The summed E-state index contributed by atoms with van der Waals surface area (Å²) in [5, 5.41) is 2.84. The monoisotopic (exact) mass is 316 g/mol. The highest BCUT2D eigenvalue weighted by atomic mass is 16.6. The predicted octanol–water partition coefficient (Wildman–Crippen LogP) is 3.06. The highest BCUT2D eigenvalue weighted by Gasteiger charge is 2.25. The van der Waals surface area contributed by atoms with Crippen molar-refractivity contribution >= 4 is 22.8 Å². The first-order valence-electron chi connectivity index (χ1n) is 8.08. The molecule has 3 heterocycles. The lowest BCUT2D eigenvalue weighted by Crippen LogP contribution is -2.44. The number of hydrogen-bond donors (Lipinski definition) is 2. The summed E-state index contributed by atoms with van der Waals surface area (Å²) in [6.45, 7) is 7.55. The first-order valence-corrected chi connectivity index (χ1v) is 8.08. The van der Waals surface area contributed by atoms with E-state index in [9.17, 15) is 4.79 Å². The third kappa shape index (κ3) is 3.75. The van der Waals surface area contributed by atoms with Crippen LogP contribution in [0, 0.1) is 0 Å². The Bertz CT molecular complexity index is 681. The van der Waals surface area contributed by atoms with Gasteiger partial charge in [0, 0.05) is 43.9 Å². The van der Waals surface area contributed by atoms with Gasteiger partial charge in [-0.2, -0.15) is 0 Å². The predicted molar refractivity (Wildman–Crippen MR) is 90.7 cm³/mol. The fourth-order valence-corrected chi connectivity index (χ4v) is 2.88. The minimum atomic E-state index is -0.329. The maximum atomic E-state index is 11.8. The van der Waals surface area contributed by atoms with Crippen LogP contribution in [0.3, 0.4) is 0 Å². The minimum absolute atomic E-state index is 0.0215. The largest absolute Gasteiger partial charge is 0.446 e. The van der Waals surface area contributed by atoms with E-state index >= 15 is 0 Å². The van der Waals surface area contributed by atoms with Gasteiger partial charge in [0.05, 0.1) is 11.2 Å². The molecule has 3 rings (SSSR count). The molecule has 2 aromatic heterocycles. The van der Waals surface area contributed by atoms with Crippen LogP contribution in [0.25, 0.3) is 11.0 Å². The summed E-state index contributed by atoms with van der Waals surface area (Å²) in [5.74, 6) is 0. The standard InChI is InChI=1S/C17H24N4O2/c1-17(2,3)20-16(22)23-12-6-9-21(10-7-12)14-11-19-13-5-4-8-18-15(13)14/h4-5,8,11-12,19H,6-7,9-10H2,1-3H3,(H,20,22). The number of ether oxygens (including phenoxy) is 1. The van der Waals surface area contributed by atoms with Crippen molar-refractivity contribution < 1.29 is 9.53 Å². The SMILES string of the molecule is CC(C)(C)NC(=O)OC1CCN(c2c[nH]c3cccnc23)CC1. The zero-order valence-electron chi connectivity index (χ0n) is 13.9. The van der Waals surface area contributed by atoms with Gasteiger partial charge in [-0.15, -0.1) is 0 Å². The number of nitrogens with zero attached hydrogens (tertiary/aromatic N) is 2. The van der Waals surface area contributed by atoms with E-state index < -0.39 is 0 Å². The van der Waals surface area contributed by atoms with E-state index in [2.05, 4.69) is 20.2 Å². The van der Waals surface area contributed by atoms with Crippen molar-refractivity contribution in [3.63, 3.8) is 0 Å². The number of nitrogens with one attached hydrogen (secondary N) is 2. The van der Waals surface area contributed by atoms with Crippen LogP contribution in [0.15, 0.2) is 24.5 Å². The number of fused-ring (bicyclic) bond motifs is 1.